The highest BCUT2D eigenvalue weighted by Gasteiger charge is 2.53. The molecule has 2 heterocycles. The molecular weight excluding hydrogens is 300 g/mol. The van der Waals surface area contributed by atoms with E-state index in [0.29, 0.717) is 11.3 Å². The quantitative estimate of drug-likeness (QED) is 0.309. The number of amides is 1. The molecule has 0 N–H and O–H groups in total. The number of carbonyl (C=O) groups is 3. The number of Topliss-reactive ketones (excluding diaryl/α,β-unsaturated/α-hetero) is 1. The van der Waals surface area contributed by atoms with Crippen LogP contribution in [0, 0.1) is 0 Å². The van der Waals surface area contributed by atoms with Crippen LogP contribution >= 0.6 is 35.0 Å². The van der Waals surface area contributed by atoms with Gasteiger partial charge >= 0.3 is 14.0 Å². The lowest BCUT2D eigenvalue weighted by Gasteiger charge is -2.47. The molecule has 0 radical (unpaired) electrons. The van der Waals surface area contributed by atoms with Gasteiger partial charge in [0.25, 0.3) is 5.78 Å². The molecule has 2 aliphatic heterocycles. The summed E-state index contributed by atoms with van der Waals surface area (Å²) in [5.74, 6) is -1.70. The van der Waals surface area contributed by atoms with Crippen molar-refractivity contribution in [1.29, 1.82) is 0 Å². The molecule has 0 spiro atoms. The summed E-state index contributed by atoms with van der Waals surface area (Å²) in [6, 6.07) is 0. The maximum atomic E-state index is 11.9. The fraction of sp³-hybridized carbons (Fsp3) is 0.444. The Morgan fingerprint density at radius 2 is 2.22 bits per heavy atom. The number of halogens is 2. The molecule has 0 aromatic heterocycles. The van der Waals surface area contributed by atoms with Crippen LogP contribution in [-0.4, -0.2) is 53.0 Å². The number of carbonyl (C=O) groups excluding carboxylic acids is 3. The van der Waals surface area contributed by atoms with Crippen molar-refractivity contribution in [3.63, 3.8) is 0 Å². The first-order valence-corrected chi connectivity index (χ1v) is 7.04. The molecule has 2 atom stereocenters. The molecule has 2 rings (SSSR count). The number of fused-ring (bicyclic) bond motifs is 1. The number of thioether (sulfide) groups is 1. The molecule has 0 unspecified atom stereocenters. The topological polar surface area (TPSA) is 63.7 Å². The number of alkyl halides is 2. The van der Waals surface area contributed by atoms with E-state index in [0.717, 1.165) is 8.05 Å². The van der Waals surface area contributed by atoms with E-state index >= 15 is 0 Å². The highest BCUT2D eigenvalue weighted by Crippen LogP contribution is 2.42. The van der Waals surface area contributed by atoms with Gasteiger partial charge < -0.3 is 4.65 Å². The summed E-state index contributed by atoms with van der Waals surface area (Å²) in [6.45, 7) is 0. The van der Waals surface area contributed by atoms with Gasteiger partial charge in [0.2, 0.25) is 5.91 Å². The smallest absolute Gasteiger partial charge is 0.363 e. The molecule has 0 bridgehead atoms. The van der Waals surface area contributed by atoms with Crippen molar-refractivity contribution in [2.24, 2.45) is 0 Å². The van der Waals surface area contributed by atoms with Crippen molar-refractivity contribution in [1.82, 2.24) is 4.90 Å². The molecule has 0 aliphatic carbocycles. The SMILES string of the molecule is BOC(=O)C(=O)C1=C(CCl)CS[C@@H]2[C@H](Cl)C(=O)N12. The maximum Gasteiger partial charge on any atom is 0.363 e. The molecule has 1 saturated heterocycles. The number of hydrogen-bond donors (Lipinski definition) is 0. The van der Waals surface area contributed by atoms with E-state index in [1.54, 1.807) is 0 Å². The maximum absolute atomic E-state index is 11.9. The monoisotopic (exact) mass is 307 g/mol. The van der Waals surface area contributed by atoms with E-state index in [1.165, 1.54) is 16.7 Å². The van der Waals surface area contributed by atoms with Gasteiger partial charge in [-0.15, -0.1) is 35.0 Å². The zero-order valence-electron chi connectivity index (χ0n) is 9.31. The van der Waals surface area contributed by atoms with Crippen LogP contribution in [0.15, 0.2) is 11.3 Å². The second kappa shape index (κ2) is 5.15. The molecule has 96 valence electrons. The Bertz CT molecular complexity index is 469. The predicted octanol–water partition coefficient (Wildman–Crippen LogP) is -0.338. The molecule has 0 aromatic carbocycles. The Balaban J connectivity index is 2.38. The Labute approximate surface area is 118 Å². The zero-order chi connectivity index (χ0) is 13.4. The van der Waals surface area contributed by atoms with Gasteiger partial charge in [-0.1, -0.05) is 0 Å². The van der Waals surface area contributed by atoms with Crippen LogP contribution in [-0.2, 0) is 19.0 Å². The van der Waals surface area contributed by atoms with Crippen molar-refractivity contribution < 1.29 is 19.0 Å². The van der Waals surface area contributed by atoms with Crippen molar-refractivity contribution in [2.45, 2.75) is 10.8 Å². The normalized spacial score (nSPS) is 26.6. The first-order valence-electron chi connectivity index (χ1n) is 5.02. The van der Waals surface area contributed by atoms with Gasteiger partial charge in [-0.05, 0) is 5.57 Å². The first-order chi connectivity index (χ1) is 8.52. The van der Waals surface area contributed by atoms with Crippen molar-refractivity contribution >= 4 is 60.7 Å². The van der Waals surface area contributed by atoms with E-state index in [1.807, 2.05) is 0 Å². The fourth-order valence-corrected chi connectivity index (χ4v) is 3.83. The van der Waals surface area contributed by atoms with Crippen LogP contribution in [0.5, 0.6) is 0 Å². The number of ketones is 1. The third kappa shape index (κ3) is 1.94. The Morgan fingerprint density at radius 3 is 2.78 bits per heavy atom. The van der Waals surface area contributed by atoms with Gasteiger partial charge in [0, 0.05) is 11.6 Å². The van der Waals surface area contributed by atoms with Crippen molar-refractivity contribution in [3.8, 4) is 0 Å². The summed E-state index contributed by atoms with van der Waals surface area (Å²) in [4.78, 5) is 36.1. The number of nitrogens with zero attached hydrogens (tertiary/aromatic N) is 1. The van der Waals surface area contributed by atoms with Crippen LogP contribution in [0.4, 0.5) is 0 Å². The number of rotatable bonds is 3. The predicted molar refractivity (Wildman–Crippen MR) is 70.1 cm³/mol. The second-order valence-electron chi connectivity index (χ2n) is 3.72. The molecule has 9 heteroatoms. The Kier molecular flexibility index (Phi) is 3.94. The lowest BCUT2D eigenvalue weighted by Crippen LogP contribution is -2.63. The first kappa shape index (κ1) is 13.8. The minimum atomic E-state index is -1.01. The van der Waals surface area contributed by atoms with Gasteiger partial charge in [0.15, 0.2) is 0 Å². The fourth-order valence-electron chi connectivity index (χ4n) is 1.81. The largest absolute Gasteiger partial charge is 0.538 e. The molecule has 5 nitrogen and oxygen atoms in total. The number of hydrogen-bond acceptors (Lipinski definition) is 5. The minimum absolute atomic E-state index is 0.0301. The summed E-state index contributed by atoms with van der Waals surface area (Å²) in [6.07, 6.45) is 0. The van der Waals surface area contributed by atoms with Crippen molar-refractivity contribution in [2.75, 3.05) is 11.6 Å². The van der Waals surface area contributed by atoms with Crippen LogP contribution < -0.4 is 0 Å². The summed E-state index contributed by atoms with van der Waals surface area (Å²) in [7, 11) is 1.11. The summed E-state index contributed by atoms with van der Waals surface area (Å²) < 4.78 is 4.38. The summed E-state index contributed by atoms with van der Waals surface area (Å²) in [5.41, 5.74) is 0.577. The molecule has 18 heavy (non-hydrogen) atoms. The van der Waals surface area contributed by atoms with E-state index in [-0.39, 0.29) is 22.9 Å². The third-order valence-corrected chi connectivity index (χ3v) is 4.97. The molecule has 1 amide bonds. The average Bonchev–Trinajstić information content (AvgIpc) is 2.42. The van der Waals surface area contributed by atoms with E-state index in [9.17, 15) is 14.4 Å². The van der Waals surface area contributed by atoms with Crippen LogP contribution in [0.3, 0.4) is 0 Å². The Morgan fingerprint density at radius 1 is 1.56 bits per heavy atom. The van der Waals surface area contributed by atoms with E-state index in [4.69, 9.17) is 23.2 Å². The lowest BCUT2D eigenvalue weighted by molar-refractivity contribution is -0.148. The van der Waals surface area contributed by atoms with E-state index in [2.05, 4.69) is 4.65 Å². The highest BCUT2D eigenvalue weighted by molar-refractivity contribution is 8.00. The molecule has 0 aromatic rings. The van der Waals surface area contributed by atoms with E-state index < -0.39 is 17.1 Å². The number of β-lactam (4-membered cyclic amide) rings is 1. The molecular formula is C9H8BCl2NO4S. The van der Waals surface area contributed by atoms with Gasteiger partial charge in [-0.25, -0.2) is 4.79 Å². The average molecular weight is 308 g/mol. The zero-order valence-corrected chi connectivity index (χ0v) is 11.6. The van der Waals surface area contributed by atoms with Gasteiger partial charge in [0.05, 0.1) is 0 Å². The van der Waals surface area contributed by atoms with Crippen LogP contribution in [0.2, 0.25) is 0 Å². The lowest BCUT2D eigenvalue weighted by atomic mass is 10.0. The van der Waals surface area contributed by atoms with Gasteiger partial charge in [0.1, 0.15) is 16.4 Å². The Hall–Kier alpha value is -0.655. The van der Waals surface area contributed by atoms with Gasteiger partial charge in [-0.3, -0.25) is 14.5 Å². The summed E-state index contributed by atoms with van der Waals surface area (Å²) in [5, 5.41) is -0.970. The molecule has 2 aliphatic rings. The third-order valence-electron chi connectivity index (χ3n) is 2.73. The molecule has 1 fully saturated rings. The standard InChI is InChI=1S/C9H8BCl2NO4S/c10-17-9(16)6(14)5-3(1-11)2-18-8-4(12)7(15)13(5)8/h4,8H,1-2,10H2/t4-,8-/m1/s1. The van der Waals surface area contributed by atoms with Gasteiger partial charge in [-0.2, -0.15) is 0 Å². The van der Waals surface area contributed by atoms with Crippen LogP contribution in [0.1, 0.15) is 0 Å². The highest BCUT2D eigenvalue weighted by atomic mass is 35.5. The van der Waals surface area contributed by atoms with Crippen LogP contribution in [0.25, 0.3) is 0 Å². The molecule has 0 saturated carbocycles. The second-order valence-corrected chi connectivity index (χ2v) is 5.56. The van der Waals surface area contributed by atoms with Crippen molar-refractivity contribution in [3.05, 3.63) is 11.3 Å². The minimum Gasteiger partial charge on any atom is -0.538 e. The summed E-state index contributed by atoms with van der Waals surface area (Å²) >= 11 is 13.0.